The Hall–Kier alpha value is -3.83. The van der Waals surface area contributed by atoms with E-state index in [1.165, 1.54) is 0 Å². The topological polar surface area (TPSA) is 121 Å². The van der Waals surface area contributed by atoms with E-state index < -0.39 is 6.10 Å². The molecular formula is C31H42N6O5. The van der Waals surface area contributed by atoms with Gasteiger partial charge in [-0.05, 0) is 70.5 Å². The third-order valence-corrected chi connectivity index (χ3v) is 7.78. The summed E-state index contributed by atoms with van der Waals surface area (Å²) < 4.78 is 17.8. The van der Waals surface area contributed by atoms with Gasteiger partial charge in [-0.15, -0.1) is 0 Å². The van der Waals surface area contributed by atoms with Gasteiger partial charge in [-0.2, -0.15) is 0 Å². The molecule has 2 amide bonds. The molecule has 0 bridgehead atoms. The maximum atomic E-state index is 12.9. The van der Waals surface area contributed by atoms with E-state index in [2.05, 4.69) is 25.5 Å². The molecule has 1 aromatic heterocycles. The summed E-state index contributed by atoms with van der Waals surface area (Å²) in [4.78, 5) is 26.0. The number of piperazine rings is 1. The number of hydrogen-bond donors (Lipinski definition) is 3. The van der Waals surface area contributed by atoms with Crippen LogP contribution < -0.4 is 29.7 Å². The van der Waals surface area contributed by atoms with E-state index in [0.29, 0.717) is 37.7 Å². The summed E-state index contributed by atoms with van der Waals surface area (Å²) in [5.41, 5.74) is 1.45. The lowest BCUT2D eigenvalue weighted by Gasteiger charge is -2.36. The second-order valence-electron chi connectivity index (χ2n) is 11.2. The maximum absolute atomic E-state index is 12.9. The van der Waals surface area contributed by atoms with Crippen molar-refractivity contribution in [3.05, 3.63) is 42.7 Å². The van der Waals surface area contributed by atoms with Crippen LogP contribution in [0.25, 0.3) is 10.9 Å². The molecule has 3 atom stereocenters. The van der Waals surface area contributed by atoms with Gasteiger partial charge >= 0.3 is 6.03 Å². The molecule has 3 heterocycles. The first-order valence-electron chi connectivity index (χ1n) is 14.8. The summed E-state index contributed by atoms with van der Waals surface area (Å²) in [5.74, 6) is 2.88. The summed E-state index contributed by atoms with van der Waals surface area (Å²) in [6, 6.07) is 11.0. The molecule has 2 fully saturated rings. The number of rotatable bonds is 9. The Labute approximate surface area is 247 Å². The molecule has 2 aliphatic rings. The van der Waals surface area contributed by atoms with Crippen LogP contribution in [0.15, 0.2) is 42.7 Å². The quantitative estimate of drug-likeness (QED) is 0.347. The third kappa shape index (κ3) is 6.96. The van der Waals surface area contributed by atoms with Gasteiger partial charge < -0.3 is 39.8 Å². The summed E-state index contributed by atoms with van der Waals surface area (Å²) in [6.07, 6.45) is 2.69. The molecule has 11 heteroatoms. The summed E-state index contributed by atoms with van der Waals surface area (Å²) in [6.45, 7) is 9.88. The highest BCUT2D eigenvalue weighted by Crippen LogP contribution is 2.37. The SMILES string of the molecule is COc1cc2c(N3CCN(C(=O)Nc4ccc(OC(C)C)cc4)CC3)ncnc2cc1OC(C(C)O)C1CCCNC1. The predicted molar refractivity (Wildman–Crippen MR) is 163 cm³/mol. The molecule has 11 nitrogen and oxygen atoms in total. The molecule has 5 rings (SSSR count). The normalized spacial score (nSPS) is 19.0. The molecule has 0 saturated carbocycles. The molecule has 2 aromatic carbocycles. The third-order valence-electron chi connectivity index (χ3n) is 7.78. The van der Waals surface area contributed by atoms with Crippen molar-refractivity contribution in [3.63, 3.8) is 0 Å². The van der Waals surface area contributed by atoms with E-state index in [0.717, 1.165) is 54.1 Å². The van der Waals surface area contributed by atoms with Gasteiger partial charge in [-0.3, -0.25) is 0 Å². The summed E-state index contributed by atoms with van der Waals surface area (Å²) in [7, 11) is 1.61. The Morgan fingerprint density at radius 3 is 2.45 bits per heavy atom. The minimum atomic E-state index is -0.636. The molecule has 0 aliphatic carbocycles. The van der Waals surface area contributed by atoms with Crippen molar-refractivity contribution in [1.29, 1.82) is 0 Å². The lowest BCUT2D eigenvalue weighted by molar-refractivity contribution is 0.00250. The number of nitrogens with zero attached hydrogens (tertiary/aromatic N) is 4. The van der Waals surface area contributed by atoms with Gasteiger partial charge in [0, 0.05) is 55.8 Å². The van der Waals surface area contributed by atoms with Crippen LogP contribution in [0, 0.1) is 5.92 Å². The second-order valence-corrected chi connectivity index (χ2v) is 11.2. The highest BCUT2D eigenvalue weighted by Gasteiger charge is 2.31. The fraction of sp³-hybridized carbons (Fsp3) is 0.516. The number of fused-ring (bicyclic) bond motifs is 1. The van der Waals surface area contributed by atoms with Crippen LogP contribution in [0.2, 0.25) is 0 Å². The average molecular weight is 579 g/mol. The molecule has 226 valence electrons. The Morgan fingerprint density at radius 2 is 1.81 bits per heavy atom. The van der Waals surface area contributed by atoms with Gasteiger partial charge in [-0.25, -0.2) is 14.8 Å². The van der Waals surface area contributed by atoms with Crippen LogP contribution in [0.1, 0.15) is 33.6 Å². The van der Waals surface area contributed by atoms with Crippen molar-refractivity contribution in [3.8, 4) is 17.2 Å². The molecule has 3 N–H and O–H groups in total. The molecule has 3 aromatic rings. The van der Waals surface area contributed by atoms with Crippen LogP contribution >= 0.6 is 0 Å². The Balaban J connectivity index is 1.26. The second kappa shape index (κ2) is 13.4. The fourth-order valence-electron chi connectivity index (χ4n) is 5.66. The van der Waals surface area contributed by atoms with Crippen LogP contribution in [0.3, 0.4) is 0 Å². The van der Waals surface area contributed by atoms with Crippen molar-refractivity contribution >= 4 is 28.4 Å². The van der Waals surface area contributed by atoms with E-state index in [1.54, 1.807) is 25.3 Å². The van der Waals surface area contributed by atoms with Crippen LogP contribution in [0.4, 0.5) is 16.3 Å². The number of benzene rings is 2. The number of hydrogen-bond acceptors (Lipinski definition) is 9. The van der Waals surface area contributed by atoms with E-state index >= 15 is 0 Å². The molecular weight excluding hydrogens is 536 g/mol. The number of aliphatic hydroxyl groups is 1. The van der Waals surface area contributed by atoms with E-state index in [1.807, 2.05) is 50.2 Å². The first kappa shape index (κ1) is 29.7. The number of aromatic nitrogens is 2. The zero-order chi connectivity index (χ0) is 29.6. The van der Waals surface area contributed by atoms with Gasteiger partial charge in [0.1, 0.15) is 24.0 Å². The number of methoxy groups -OCH3 is 1. The largest absolute Gasteiger partial charge is 0.493 e. The van der Waals surface area contributed by atoms with Crippen LogP contribution in [-0.2, 0) is 0 Å². The van der Waals surface area contributed by atoms with E-state index in [9.17, 15) is 9.90 Å². The smallest absolute Gasteiger partial charge is 0.321 e. The number of anilines is 2. The average Bonchev–Trinajstić information content (AvgIpc) is 3.00. The minimum absolute atomic E-state index is 0.0941. The monoisotopic (exact) mass is 578 g/mol. The predicted octanol–water partition coefficient (Wildman–Crippen LogP) is 3.91. The van der Waals surface area contributed by atoms with Gasteiger partial charge in [0.05, 0.1) is 24.8 Å². The number of piperidine rings is 1. The number of amides is 2. The lowest BCUT2D eigenvalue weighted by atomic mass is 9.91. The van der Waals surface area contributed by atoms with Crippen molar-refractivity contribution in [2.75, 3.05) is 56.6 Å². The standard InChI is InChI=1S/C31H42N6O5/c1-20(2)41-24-9-7-23(8-10-24)35-31(39)37-14-12-36(13-15-37)30-25-16-27(40-4)28(17-26(25)33-19-34-30)42-29(21(3)38)22-6-5-11-32-18-22/h7-10,16-17,19-22,29,32,38H,5-6,11-15,18H2,1-4H3,(H,35,39). The van der Waals surface area contributed by atoms with Crippen molar-refractivity contribution in [2.24, 2.45) is 5.92 Å². The number of urea groups is 1. The van der Waals surface area contributed by atoms with Crippen molar-refractivity contribution in [1.82, 2.24) is 20.2 Å². The van der Waals surface area contributed by atoms with Gasteiger partial charge in [0.15, 0.2) is 11.5 Å². The number of aliphatic hydroxyl groups excluding tert-OH is 1. The van der Waals surface area contributed by atoms with Gasteiger partial charge in [0.25, 0.3) is 0 Å². The highest BCUT2D eigenvalue weighted by atomic mass is 16.5. The first-order valence-corrected chi connectivity index (χ1v) is 14.8. The zero-order valence-electron chi connectivity index (χ0n) is 24.9. The van der Waals surface area contributed by atoms with Crippen LogP contribution in [-0.4, -0.2) is 90.7 Å². The van der Waals surface area contributed by atoms with Crippen molar-refractivity contribution in [2.45, 2.75) is 51.9 Å². The number of nitrogens with one attached hydrogen (secondary N) is 2. The summed E-state index contributed by atoms with van der Waals surface area (Å²) >= 11 is 0. The zero-order valence-corrected chi connectivity index (χ0v) is 24.9. The Bertz CT molecular complexity index is 1340. The number of carbonyl (C=O) groups excluding carboxylic acids is 1. The lowest BCUT2D eigenvalue weighted by Crippen LogP contribution is -2.50. The van der Waals surface area contributed by atoms with E-state index in [-0.39, 0.29) is 24.2 Å². The molecule has 42 heavy (non-hydrogen) atoms. The Kier molecular flexibility index (Phi) is 9.48. The maximum Gasteiger partial charge on any atom is 0.321 e. The molecule has 0 spiro atoms. The van der Waals surface area contributed by atoms with Gasteiger partial charge in [0.2, 0.25) is 0 Å². The minimum Gasteiger partial charge on any atom is -0.493 e. The summed E-state index contributed by atoms with van der Waals surface area (Å²) in [5, 5.41) is 17.8. The number of ether oxygens (including phenoxy) is 3. The highest BCUT2D eigenvalue weighted by molar-refractivity contribution is 5.92. The first-order chi connectivity index (χ1) is 20.3. The number of carbonyl (C=O) groups is 1. The van der Waals surface area contributed by atoms with E-state index in [4.69, 9.17) is 14.2 Å². The molecule has 2 saturated heterocycles. The Morgan fingerprint density at radius 1 is 1.05 bits per heavy atom. The van der Waals surface area contributed by atoms with Gasteiger partial charge in [-0.1, -0.05) is 0 Å². The fourth-order valence-corrected chi connectivity index (χ4v) is 5.66. The van der Waals surface area contributed by atoms with Crippen LogP contribution in [0.5, 0.6) is 17.2 Å². The molecule has 2 aliphatic heterocycles. The molecule has 0 radical (unpaired) electrons. The van der Waals surface area contributed by atoms with Crippen molar-refractivity contribution < 1.29 is 24.1 Å². The molecule has 3 unspecified atom stereocenters.